The number of anilines is 1. The summed E-state index contributed by atoms with van der Waals surface area (Å²) < 4.78 is 7.94. The topological polar surface area (TPSA) is 110 Å². The van der Waals surface area contributed by atoms with Gasteiger partial charge in [0.2, 0.25) is 11.8 Å². The highest BCUT2D eigenvalue weighted by Crippen LogP contribution is 2.34. The van der Waals surface area contributed by atoms with Gasteiger partial charge in [0, 0.05) is 28.4 Å². The highest BCUT2D eigenvalue weighted by atomic mass is 35.5. The van der Waals surface area contributed by atoms with Crippen LogP contribution in [0.15, 0.2) is 77.8 Å². The zero-order chi connectivity index (χ0) is 28.1. The van der Waals surface area contributed by atoms with Gasteiger partial charge >= 0.3 is 0 Å². The third kappa shape index (κ3) is 6.05. The van der Waals surface area contributed by atoms with Gasteiger partial charge in [-0.2, -0.15) is 0 Å². The Kier molecular flexibility index (Phi) is 8.21. The predicted molar refractivity (Wildman–Crippen MR) is 154 cm³/mol. The SMILES string of the molecule is CCNC(=O)C[C@@H]1N=C(c2ccc(Cl)cc2)c2cc(OCCC(=O)Nc3ccccc3)ccc2-n2c(C)nnc21. The minimum Gasteiger partial charge on any atom is -0.493 e. The quantitative estimate of drug-likeness (QED) is 0.299. The molecule has 40 heavy (non-hydrogen) atoms. The molecular weight excluding hydrogens is 528 g/mol. The fourth-order valence-electron chi connectivity index (χ4n) is 4.59. The minimum atomic E-state index is -0.558. The average Bonchev–Trinajstić information content (AvgIpc) is 3.27. The first-order valence-corrected chi connectivity index (χ1v) is 13.5. The van der Waals surface area contributed by atoms with Crippen molar-refractivity contribution in [3.05, 3.63) is 101 Å². The number of aromatic nitrogens is 3. The molecule has 2 N–H and O–H groups in total. The van der Waals surface area contributed by atoms with Crippen LogP contribution in [0.5, 0.6) is 5.75 Å². The lowest BCUT2D eigenvalue weighted by atomic mass is 10.00. The Morgan fingerprint density at radius 3 is 2.52 bits per heavy atom. The number of benzene rings is 3. The van der Waals surface area contributed by atoms with Gasteiger partial charge in [0.1, 0.15) is 17.6 Å². The molecule has 2 heterocycles. The summed E-state index contributed by atoms with van der Waals surface area (Å²) in [5, 5.41) is 15.0. The van der Waals surface area contributed by atoms with Crippen LogP contribution in [-0.4, -0.2) is 45.4 Å². The van der Waals surface area contributed by atoms with Crippen molar-refractivity contribution >= 4 is 34.8 Å². The van der Waals surface area contributed by atoms with Gasteiger partial charge in [0.25, 0.3) is 0 Å². The van der Waals surface area contributed by atoms with E-state index in [1.54, 1.807) is 12.1 Å². The molecule has 9 nitrogen and oxygen atoms in total. The number of carbonyl (C=O) groups excluding carboxylic acids is 2. The van der Waals surface area contributed by atoms with Crippen molar-refractivity contribution in [3.63, 3.8) is 0 Å². The first kappa shape index (κ1) is 27.1. The van der Waals surface area contributed by atoms with Crippen molar-refractivity contribution in [2.75, 3.05) is 18.5 Å². The second-order valence-corrected chi connectivity index (χ2v) is 9.73. The molecule has 0 saturated heterocycles. The van der Waals surface area contributed by atoms with Crippen molar-refractivity contribution < 1.29 is 14.3 Å². The zero-order valence-electron chi connectivity index (χ0n) is 22.2. The monoisotopic (exact) mass is 556 g/mol. The maximum atomic E-state index is 12.6. The molecule has 0 unspecified atom stereocenters. The number of aryl methyl sites for hydroxylation is 1. The minimum absolute atomic E-state index is 0.122. The van der Waals surface area contributed by atoms with Crippen LogP contribution in [0.2, 0.25) is 5.02 Å². The van der Waals surface area contributed by atoms with Gasteiger partial charge in [0.05, 0.1) is 30.8 Å². The van der Waals surface area contributed by atoms with Crippen molar-refractivity contribution in [3.8, 4) is 11.4 Å². The fraction of sp³-hybridized carbons (Fsp3) is 0.233. The second kappa shape index (κ2) is 12.1. The average molecular weight is 557 g/mol. The molecule has 1 atom stereocenters. The van der Waals surface area contributed by atoms with E-state index in [0.29, 0.717) is 34.7 Å². The van der Waals surface area contributed by atoms with Crippen LogP contribution >= 0.6 is 11.6 Å². The van der Waals surface area contributed by atoms with E-state index in [2.05, 4.69) is 20.8 Å². The number of aliphatic imine (C=N–C) groups is 1. The smallest absolute Gasteiger partial charge is 0.227 e. The Hall–Kier alpha value is -4.50. The maximum absolute atomic E-state index is 12.6. The molecule has 0 saturated carbocycles. The van der Waals surface area contributed by atoms with Gasteiger partial charge in [0.15, 0.2) is 5.82 Å². The third-order valence-electron chi connectivity index (χ3n) is 6.42. The van der Waals surface area contributed by atoms with E-state index >= 15 is 0 Å². The van der Waals surface area contributed by atoms with Gasteiger partial charge in [-0.05, 0) is 56.3 Å². The first-order valence-electron chi connectivity index (χ1n) is 13.1. The largest absolute Gasteiger partial charge is 0.493 e. The van der Waals surface area contributed by atoms with E-state index in [4.69, 9.17) is 21.3 Å². The number of rotatable bonds is 9. The molecule has 3 aromatic carbocycles. The molecule has 1 aliphatic rings. The Bertz CT molecular complexity index is 1550. The number of fused-ring (bicyclic) bond motifs is 3. The number of halogens is 1. The Morgan fingerprint density at radius 1 is 1.00 bits per heavy atom. The van der Waals surface area contributed by atoms with Crippen LogP contribution in [-0.2, 0) is 9.59 Å². The number of amides is 2. The summed E-state index contributed by atoms with van der Waals surface area (Å²) in [6.45, 7) is 4.46. The molecule has 0 fully saturated rings. The van der Waals surface area contributed by atoms with E-state index in [-0.39, 0.29) is 31.3 Å². The summed E-state index contributed by atoms with van der Waals surface area (Å²) in [4.78, 5) is 30.1. The van der Waals surface area contributed by atoms with Crippen molar-refractivity contribution in [2.24, 2.45) is 4.99 Å². The van der Waals surface area contributed by atoms with Crippen LogP contribution in [0, 0.1) is 6.92 Å². The Morgan fingerprint density at radius 2 is 1.77 bits per heavy atom. The summed E-state index contributed by atoms with van der Waals surface area (Å²) in [7, 11) is 0. The molecule has 0 spiro atoms. The molecule has 10 heteroatoms. The van der Waals surface area contributed by atoms with Crippen LogP contribution in [0.25, 0.3) is 5.69 Å². The standard InChI is InChI=1S/C30H29ClN6O3/c1-3-32-28(39)18-25-30-36-35-19(2)37(30)26-14-13-23(40-16-15-27(38)33-22-7-5-4-6-8-22)17-24(26)29(34-25)20-9-11-21(31)12-10-20/h4-14,17,25H,3,15-16,18H2,1-2H3,(H,32,39)(H,33,38)/t25-/m0/s1. The molecule has 1 aromatic heterocycles. The van der Waals surface area contributed by atoms with Gasteiger partial charge in [-0.3, -0.25) is 19.1 Å². The lowest BCUT2D eigenvalue weighted by Gasteiger charge is -2.15. The number of para-hydroxylation sites is 1. The number of nitrogens with zero attached hydrogens (tertiary/aromatic N) is 4. The maximum Gasteiger partial charge on any atom is 0.227 e. The Labute approximate surface area is 237 Å². The molecule has 5 rings (SSSR count). The number of carbonyl (C=O) groups is 2. The lowest BCUT2D eigenvalue weighted by Crippen LogP contribution is -2.25. The fourth-order valence-corrected chi connectivity index (χ4v) is 4.72. The number of ether oxygens (including phenoxy) is 1. The first-order chi connectivity index (χ1) is 19.4. The Balaban J connectivity index is 1.47. The number of hydrogen-bond donors (Lipinski definition) is 2. The van der Waals surface area contributed by atoms with E-state index in [0.717, 1.165) is 22.5 Å². The van der Waals surface area contributed by atoms with Crippen LogP contribution in [0.3, 0.4) is 0 Å². The van der Waals surface area contributed by atoms with Gasteiger partial charge in [-0.1, -0.05) is 41.9 Å². The normalized spacial score (nSPS) is 13.9. The van der Waals surface area contributed by atoms with Gasteiger partial charge in [-0.25, -0.2) is 0 Å². The van der Waals surface area contributed by atoms with Crippen molar-refractivity contribution in [2.45, 2.75) is 32.7 Å². The summed E-state index contributed by atoms with van der Waals surface area (Å²) >= 11 is 6.18. The number of nitrogens with one attached hydrogen (secondary N) is 2. The van der Waals surface area contributed by atoms with E-state index in [1.165, 1.54) is 0 Å². The molecular formula is C30H29ClN6O3. The highest BCUT2D eigenvalue weighted by Gasteiger charge is 2.30. The molecule has 2 amide bonds. The number of hydrogen-bond acceptors (Lipinski definition) is 6. The third-order valence-corrected chi connectivity index (χ3v) is 6.67. The van der Waals surface area contributed by atoms with Gasteiger partial charge in [-0.15, -0.1) is 10.2 Å². The molecule has 0 bridgehead atoms. The molecule has 4 aromatic rings. The van der Waals surface area contributed by atoms with Crippen molar-refractivity contribution in [1.82, 2.24) is 20.1 Å². The van der Waals surface area contributed by atoms with E-state index < -0.39 is 6.04 Å². The van der Waals surface area contributed by atoms with Crippen LogP contribution in [0.4, 0.5) is 5.69 Å². The molecule has 204 valence electrons. The molecule has 1 aliphatic heterocycles. The molecule has 0 radical (unpaired) electrons. The molecule has 0 aliphatic carbocycles. The summed E-state index contributed by atoms with van der Waals surface area (Å²) in [5.41, 5.74) is 3.86. The lowest BCUT2D eigenvalue weighted by molar-refractivity contribution is -0.121. The van der Waals surface area contributed by atoms with E-state index in [1.807, 2.05) is 79.1 Å². The van der Waals surface area contributed by atoms with Crippen LogP contribution in [0.1, 0.15) is 48.6 Å². The predicted octanol–water partition coefficient (Wildman–Crippen LogP) is 5.06. The summed E-state index contributed by atoms with van der Waals surface area (Å²) in [6, 6.07) is 21.8. The van der Waals surface area contributed by atoms with Gasteiger partial charge < -0.3 is 15.4 Å². The van der Waals surface area contributed by atoms with Crippen molar-refractivity contribution in [1.29, 1.82) is 0 Å². The zero-order valence-corrected chi connectivity index (χ0v) is 23.0. The summed E-state index contributed by atoms with van der Waals surface area (Å²) in [5.74, 6) is 1.59. The highest BCUT2D eigenvalue weighted by molar-refractivity contribution is 6.30. The van der Waals surface area contributed by atoms with E-state index in [9.17, 15) is 9.59 Å². The van der Waals surface area contributed by atoms with Crippen LogP contribution < -0.4 is 15.4 Å². The second-order valence-electron chi connectivity index (χ2n) is 9.29. The summed E-state index contributed by atoms with van der Waals surface area (Å²) in [6.07, 6.45) is 0.310.